The van der Waals surface area contributed by atoms with Gasteiger partial charge < -0.3 is 4.74 Å². The fourth-order valence-corrected chi connectivity index (χ4v) is 2.21. The molecule has 1 aliphatic carbocycles. The molecular formula is C13H9BrO4. The topological polar surface area (TPSA) is 60.4 Å². The number of rotatable bonds is 2. The minimum Gasteiger partial charge on any atom is -0.461 e. The van der Waals surface area contributed by atoms with E-state index in [0.717, 1.165) is 0 Å². The van der Waals surface area contributed by atoms with Gasteiger partial charge in [-0.05, 0) is 15.9 Å². The van der Waals surface area contributed by atoms with Crippen molar-refractivity contribution in [2.45, 2.75) is 6.92 Å². The molecule has 1 aromatic carbocycles. The molecule has 0 atom stereocenters. The minimum atomic E-state index is -0.498. The summed E-state index contributed by atoms with van der Waals surface area (Å²) in [5.74, 6) is -1.06. The highest BCUT2D eigenvalue weighted by molar-refractivity contribution is 9.12. The number of halogens is 1. The first kappa shape index (κ1) is 12.7. The van der Waals surface area contributed by atoms with Gasteiger partial charge in [-0.15, -0.1) is 0 Å². The van der Waals surface area contributed by atoms with Gasteiger partial charge in [-0.25, -0.2) is 0 Å². The van der Waals surface area contributed by atoms with Gasteiger partial charge in [0, 0.05) is 18.1 Å². The van der Waals surface area contributed by atoms with E-state index in [-0.39, 0.29) is 28.2 Å². The second-order valence-electron chi connectivity index (χ2n) is 3.78. The standard InChI is InChI=1S/C13H9BrO4/c1-7(15)18-6-10-11(14)13(17)9-5-3-2-4-8(9)12(10)16/h2-5H,6H2,1H3. The van der Waals surface area contributed by atoms with E-state index < -0.39 is 5.97 Å². The van der Waals surface area contributed by atoms with Gasteiger partial charge >= 0.3 is 5.97 Å². The monoisotopic (exact) mass is 308 g/mol. The molecule has 1 aliphatic rings. The average molecular weight is 309 g/mol. The van der Waals surface area contributed by atoms with Gasteiger partial charge in [0.2, 0.25) is 5.78 Å². The molecule has 2 rings (SSSR count). The number of carbonyl (C=O) groups is 3. The first-order chi connectivity index (χ1) is 8.52. The Kier molecular flexibility index (Phi) is 3.43. The highest BCUT2D eigenvalue weighted by Gasteiger charge is 2.30. The molecule has 0 bridgehead atoms. The van der Waals surface area contributed by atoms with Crippen LogP contribution >= 0.6 is 15.9 Å². The Bertz CT molecular complexity index is 586. The Morgan fingerprint density at radius 3 is 2.28 bits per heavy atom. The van der Waals surface area contributed by atoms with Crippen LogP contribution in [-0.2, 0) is 9.53 Å². The maximum atomic E-state index is 12.2. The van der Waals surface area contributed by atoms with Gasteiger partial charge in [0.05, 0.1) is 10.1 Å². The number of ether oxygens (including phenoxy) is 1. The number of Topliss-reactive ketones (excluding diaryl/α,β-unsaturated/α-hetero) is 2. The van der Waals surface area contributed by atoms with Crippen molar-refractivity contribution in [3.63, 3.8) is 0 Å². The van der Waals surface area contributed by atoms with Crippen molar-refractivity contribution in [3.05, 3.63) is 45.4 Å². The van der Waals surface area contributed by atoms with Gasteiger partial charge in [0.1, 0.15) is 6.61 Å². The number of carbonyl (C=O) groups excluding carboxylic acids is 3. The Labute approximate surface area is 112 Å². The Hall–Kier alpha value is -1.75. The van der Waals surface area contributed by atoms with Crippen LogP contribution < -0.4 is 0 Å². The van der Waals surface area contributed by atoms with Crippen LogP contribution in [0.4, 0.5) is 0 Å². The first-order valence-electron chi connectivity index (χ1n) is 5.23. The highest BCUT2D eigenvalue weighted by Crippen LogP contribution is 2.29. The third kappa shape index (κ3) is 2.13. The van der Waals surface area contributed by atoms with Crippen LogP contribution in [0.1, 0.15) is 27.6 Å². The molecule has 0 aromatic heterocycles. The lowest BCUT2D eigenvalue weighted by atomic mass is 9.90. The van der Waals surface area contributed by atoms with Gasteiger partial charge in [-0.3, -0.25) is 14.4 Å². The summed E-state index contributed by atoms with van der Waals surface area (Å²) < 4.78 is 4.95. The zero-order valence-corrected chi connectivity index (χ0v) is 11.1. The largest absolute Gasteiger partial charge is 0.461 e. The van der Waals surface area contributed by atoms with E-state index in [4.69, 9.17) is 4.74 Å². The Morgan fingerprint density at radius 2 is 1.72 bits per heavy atom. The molecule has 0 fully saturated rings. The maximum Gasteiger partial charge on any atom is 0.302 e. The van der Waals surface area contributed by atoms with Crippen LogP contribution in [0.15, 0.2) is 34.3 Å². The van der Waals surface area contributed by atoms with E-state index in [0.29, 0.717) is 11.1 Å². The molecule has 1 aromatic rings. The predicted molar refractivity (Wildman–Crippen MR) is 67.7 cm³/mol. The van der Waals surface area contributed by atoms with Crippen LogP contribution in [0.2, 0.25) is 0 Å². The lowest BCUT2D eigenvalue weighted by Gasteiger charge is -2.17. The third-order valence-corrected chi connectivity index (χ3v) is 3.41. The second kappa shape index (κ2) is 4.86. The van der Waals surface area contributed by atoms with Crippen molar-refractivity contribution in [2.75, 3.05) is 6.61 Å². The average Bonchev–Trinajstić information content (AvgIpc) is 2.36. The lowest BCUT2D eigenvalue weighted by molar-refractivity contribution is -0.139. The number of hydrogen-bond donors (Lipinski definition) is 0. The van der Waals surface area contributed by atoms with E-state index in [2.05, 4.69) is 15.9 Å². The van der Waals surface area contributed by atoms with E-state index in [9.17, 15) is 14.4 Å². The minimum absolute atomic E-state index is 0.160. The molecular weight excluding hydrogens is 300 g/mol. The highest BCUT2D eigenvalue weighted by atomic mass is 79.9. The number of benzene rings is 1. The zero-order valence-electron chi connectivity index (χ0n) is 9.53. The molecule has 0 spiro atoms. The molecule has 92 valence electrons. The summed E-state index contributed by atoms with van der Waals surface area (Å²) in [7, 11) is 0. The molecule has 4 nitrogen and oxygen atoms in total. The third-order valence-electron chi connectivity index (χ3n) is 2.57. The molecule has 0 saturated heterocycles. The molecule has 0 amide bonds. The van der Waals surface area contributed by atoms with Crippen molar-refractivity contribution in [1.29, 1.82) is 0 Å². The smallest absolute Gasteiger partial charge is 0.302 e. The van der Waals surface area contributed by atoms with Crippen molar-refractivity contribution >= 4 is 33.5 Å². The van der Waals surface area contributed by atoms with E-state index in [1.165, 1.54) is 6.92 Å². The lowest BCUT2D eigenvalue weighted by Crippen LogP contribution is -2.23. The first-order valence-corrected chi connectivity index (χ1v) is 6.02. The van der Waals surface area contributed by atoms with Crippen LogP contribution in [-0.4, -0.2) is 24.1 Å². The fourth-order valence-electron chi connectivity index (χ4n) is 1.70. The molecule has 0 unspecified atom stereocenters. The number of esters is 1. The van der Waals surface area contributed by atoms with E-state index in [1.54, 1.807) is 24.3 Å². The van der Waals surface area contributed by atoms with Crippen molar-refractivity contribution in [2.24, 2.45) is 0 Å². The van der Waals surface area contributed by atoms with E-state index in [1.807, 2.05) is 0 Å². The van der Waals surface area contributed by atoms with Crippen LogP contribution in [0.5, 0.6) is 0 Å². The normalized spacial score (nSPS) is 14.6. The van der Waals surface area contributed by atoms with E-state index >= 15 is 0 Å². The zero-order chi connectivity index (χ0) is 13.3. The molecule has 0 N–H and O–H groups in total. The van der Waals surface area contributed by atoms with Gasteiger partial charge in [0.25, 0.3) is 0 Å². The number of allylic oxidation sites excluding steroid dienone is 1. The summed E-state index contributed by atoms with van der Waals surface area (Å²) >= 11 is 3.10. The molecule has 5 heteroatoms. The molecule has 0 aliphatic heterocycles. The number of fused-ring (bicyclic) bond motifs is 1. The van der Waals surface area contributed by atoms with Crippen molar-refractivity contribution in [3.8, 4) is 0 Å². The van der Waals surface area contributed by atoms with Crippen molar-refractivity contribution < 1.29 is 19.1 Å². The summed E-state index contributed by atoms with van der Waals surface area (Å²) in [5.41, 5.74) is 0.878. The molecule has 0 radical (unpaired) electrons. The van der Waals surface area contributed by atoms with Crippen molar-refractivity contribution in [1.82, 2.24) is 0 Å². The Morgan fingerprint density at radius 1 is 1.17 bits per heavy atom. The van der Waals surface area contributed by atoms with Gasteiger partial charge in [-0.2, -0.15) is 0 Å². The summed E-state index contributed by atoms with van der Waals surface area (Å²) in [6.45, 7) is 1.05. The number of ketones is 2. The maximum absolute atomic E-state index is 12.2. The summed E-state index contributed by atoms with van der Waals surface area (Å²) in [6, 6.07) is 6.57. The van der Waals surface area contributed by atoms with Gasteiger partial charge in [0.15, 0.2) is 5.78 Å². The van der Waals surface area contributed by atoms with Crippen LogP contribution in [0.25, 0.3) is 0 Å². The summed E-state index contributed by atoms with van der Waals surface area (Å²) in [5, 5.41) is 0. The van der Waals surface area contributed by atoms with Crippen LogP contribution in [0, 0.1) is 0 Å². The molecule has 18 heavy (non-hydrogen) atoms. The fraction of sp³-hybridized carbons (Fsp3) is 0.154. The summed E-state index contributed by atoms with van der Waals surface area (Å²) in [6.07, 6.45) is 0. The molecule has 0 saturated carbocycles. The quantitative estimate of drug-likeness (QED) is 0.786. The Balaban J connectivity index is 2.43. The predicted octanol–water partition coefficient (Wildman–Crippen LogP) is 2.28. The molecule has 0 heterocycles. The summed E-state index contributed by atoms with van der Waals surface area (Å²) in [4.78, 5) is 34.9. The SMILES string of the molecule is CC(=O)OCC1=C(Br)C(=O)c2ccccc2C1=O. The second-order valence-corrected chi connectivity index (χ2v) is 4.57. The number of hydrogen-bond acceptors (Lipinski definition) is 4. The van der Waals surface area contributed by atoms with Gasteiger partial charge in [-0.1, -0.05) is 24.3 Å². The van der Waals surface area contributed by atoms with Crippen LogP contribution in [0.3, 0.4) is 0 Å².